The predicted molar refractivity (Wildman–Crippen MR) is 57.1 cm³/mol. The van der Waals surface area contributed by atoms with Crippen LogP contribution in [0.5, 0.6) is 0 Å². The molecule has 2 atom stereocenters. The molecule has 1 fully saturated rings. The molecule has 3 heteroatoms. The minimum atomic E-state index is 0.851. The quantitative estimate of drug-likeness (QED) is 0.779. The molecule has 0 aromatic carbocycles. The molecule has 1 N–H and O–H groups in total. The minimum Gasteiger partial charge on any atom is -0.338 e. The van der Waals surface area contributed by atoms with E-state index in [1.807, 2.05) is 19.4 Å². The molecule has 1 saturated carbocycles. The van der Waals surface area contributed by atoms with Crippen molar-refractivity contribution in [3.63, 3.8) is 0 Å². The fourth-order valence-electron chi connectivity index (χ4n) is 2.27. The summed E-state index contributed by atoms with van der Waals surface area (Å²) in [4.78, 5) is 4.37. The Morgan fingerprint density at radius 1 is 1.50 bits per heavy atom. The van der Waals surface area contributed by atoms with Crippen LogP contribution in [-0.2, 0) is 13.5 Å². The molecule has 0 amide bonds. The first-order chi connectivity index (χ1) is 6.81. The fourth-order valence-corrected chi connectivity index (χ4v) is 2.27. The SMILES string of the molecule is CNCC1CCC1Cc1nccn1C. The standard InChI is InChI=1S/C11H19N3/c1-12-8-10-4-3-9(10)7-11-13-5-6-14(11)2/h5-6,9-10,12H,3-4,7-8H2,1-2H3. The number of rotatable bonds is 4. The average molecular weight is 193 g/mol. The van der Waals surface area contributed by atoms with E-state index >= 15 is 0 Å². The summed E-state index contributed by atoms with van der Waals surface area (Å²) in [5.41, 5.74) is 0. The summed E-state index contributed by atoms with van der Waals surface area (Å²) in [6.07, 6.45) is 7.83. The van der Waals surface area contributed by atoms with Gasteiger partial charge in [-0.3, -0.25) is 0 Å². The van der Waals surface area contributed by atoms with Gasteiger partial charge in [-0.1, -0.05) is 0 Å². The first-order valence-electron chi connectivity index (χ1n) is 5.42. The third-order valence-corrected chi connectivity index (χ3v) is 3.41. The summed E-state index contributed by atoms with van der Waals surface area (Å²) in [6, 6.07) is 0. The summed E-state index contributed by atoms with van der Waals surface area (Å²) < 4.78 is 2.13. The Hall–Kier alpha value is -0.830. The van der Waals surface area contributed by atoms with Crippen molar-refractivity contribution in [2.24, 2.45) is 18.9 Å². The number of hydrogen-bond acceptors (Lipinski definition) is 2. The maximum absolute atomic E-state index is 4.37. The van der Waals surface area contributed by atoms with Crippen molar-refractivity contribution in [1.29, 1.82) is 0 Å². The van der Waals surface area contributed by atoms with Crippen LogP contribution in [0.15, 0.2) is 12.4 Å². The van der Waals surface area contributed by atoms with E-state index in [0.717, 1.165) is 24.8 Å². The molecule has 1 aromatic rings. The molecule has 14 heavy (non-hydrogen) atoms. The highest BCUT2D eigenvalue weighted by Gasteiger charge is 2.30. The first-order valence-corrected chi connectivity index (χ1v) is 5.42. The zero-order chi connectivity index (χ0) is 9.97. The number of hydrogen-bond donors (Lipinski definition) is 1. The molecule has 2 unspecified atom stereocenters. The summed E-state index contributed by atoms with van der Waals surface area (Å²) in [5.74, 6) is 2.95. The van der Waals surface area contributed by atoms with Crippen LogP contribution in [0.25, 0.3) is 0 Å². The van der Waals surface area contributed by atoms with Gasteiger partial charge in [0.05, 0.1) is 0 Å². The van der Waals surface area contributed by atoms with Gasteiger partial charge in [-0.2, -0.15) is 0 Å². The summed E-state index contributed by atoms with van der Waals surface area (Å²) >= 11 is 0. The Bertz CT molecular complexity index is 292. The largest absolute Gasteiger partial charge is 0.338 e. The van der Waals surface area contributed by atoms with Gasteiger partial charge in [-0.25, -0.2) is 4.98 Å². The topological polar surface area (TPSA) is 29.9 Å². The molecular weight excluding hydrogens is 174 g/mol. The van der Waals surface area contributed by atoms with Crippen molar-refractivity contribution in [2.75, 3.05) is 13.6 Å². The number of aryl methyl sites for hydroxylation is 1. The lowest BCUT2D eigenvalue weighted by atomic mass is 9.72. The van der Waals surface area contributed by atoms with Crippen LogP contribution < -0.4 is 5.32 Å². The Labute approximate surface area is 85.5 Å². The monoisotopic (exact) mass is 193 g/mol. The molecule has 1 aliphatic rings. The predicted octanol–water partition coefficient (Wildman–Crippen LogP) is 1.21. The molecular formula is C11H19N3. The molecule has 1 aliphatic carbocycles. The molecule has 0 bridgehead atoms. The van der Waals surface area contributed by atoms with Crippen LogP contribution in [0.4, 0.5) is 0 Å². The molecule has 0 saturated heterocycles. The maximum atomic E-state index is 4.37. The second kappa shape index (κ2) is 4.13. The van der Waals surface area contributed by atoms with Gasteiger partial charge in [0.1, 0.15) is 5.82 Å². The highest BCUT2D eigenvalue weighted by Crippen LogP contribution is 2.35. The van der Waals surface area contributed by atoms with Gasteiger partial charge < -0.3 is 9.88 Å². The highest BCUT2D eigenvalue weighted by atomic mass is 15.0. The van der Waals surface area contributed by atoms with E-state index in [1.165, 1.54) is 18.7 Å². The van der Waals surface area contributed by atoms with Gasteiger partial charge in [0, 0.05) is 25.9 Å². The normalized spacial score (nSPS) is 26.1. The lowest BCUT2D eigenvalue weighted by Crippen LogP contribution is -2.35. The third kappa shape index (κ3) is 1.82. The van der Waals surface area contributed by atoms with E-state index in [0.29, 0.717) is 0 Å². The van der Waals surface area contributed by atoms with Crippen molar-refractivity contribution in [2.45, 2.75) is 19.3 Å². The van der Waals surface area contributed by atoms with Crippen molar-refractivity contribution < 1.29 is 0 Å². The lowest BCUT2D eigenvalue weighted by Gasteiger charge is -2.36. The van der Waals surface area contributed by atoms with Gasteiger partial charge in [0.25, 0.3) is 0 Å². The minimum absolute atomic E-state index is 0.851. The zero-order valence-corrected chi connectivity index (χ0v) is 9.03. The highest BCUT2D eigenvalue weighted by molar-refractivity contribution is 4.96. The fraction of sp³-hybridized carbons (Fsp3) is 0.727. The van der Waals surface area contributed by atoms with Gasteiger partial charge in [-0.15, -0.1) is 0 Å². The molecule has 0 aliphatic heterocycles. The van der Waals surface area contributed by atoms with Gasteiger partial charge >= 0.3 is 0 Å². The lowest BCUT2D eigenvalue weighted by molar-refractivity contribution is 0.170. The third-order valence-electron chi connectivity index (χ3n) is 3.41. The molecule has 2 rings (SSSR count). The molecule has 78 valence electrons. The molecule has 1 aromatic heterocycles. The molecule has 3 nitrogen and oxygen atoms in total. The summed E-state index contributed by atoms with van der Waals surface area (Å²) in [5, 5.41) is 3.27. The van der Waals surface area contributed by atoms with Crippen LogP contribution in [0.1, 0.15) is 18.7 Å². The van der Waals surface area contributed by atoms with Crippen LogP contribution in [-0.4, -0.2) is 23.1 Å². The van der Waals surface area contributed by atoms with E-state index in [9.17, 15) is 0 Å². The van der Waals surface area contributed by atoms with Crippen molar-refractivity contribution in [3.8, 4) is 0 Å². The molecule has 1 heterocycles. The Morgan fingerprint density at radius 2 is 2.29 bits per heavy atom. The van der Waals surface area contributed by atoms with E-state index < -0.39 is 0 Å². The number of aromatic nitrogens is 2. The average Bonchev–Trinajstić information content (AvgIpc) is 2.55. The van der Waals surface area contributed by atoms with E-state index in [-0.39, 0.29) is 0 Å². The van der Waals surface area contributed by atoms with Crippen molar-refractivity contribution in [3.05, 3.63) is 18.2 Å². The Kier molecular flexibility index (Phi) is 2.87. The van der Waals surface area contributed by atoms with E-state index in [4.69, 9.17) is 0 Å². The van der Waals surface area contributed by atoms with Gasteiger partial charge in [0.2, 0.25) is 0 Å². The molecule has 0 radical (unpaired) electrons. The zero-order valence-electron chi connectivity index (χ0n) is 9.03. The van der Waals surface area contributed by atoms with E-state index in [1.54, 1.807) is 0 Å². The number of imidazole rings is 1. The molecule has 0 spiro atoms. The van der Waals surface area contributed by atoms with Gasteiger partial charge in [0.15, 0.2) is 0 Å². The smallest absolute Gasteiger partial charge is 0.108 e. The summed E-state index contributed by atoms with van der Waals surface area (Å²) in [7, 11) is 4.12. The Morgan fingerprint density at radius 3 is 2.79 bits per heavy atom. The van der Waals surface area contributed by atoms with Crippen LogP contribution in [0.3, 0.4) is 0 Å². The van der Waals surface area contributed by atoms with Crippen molar-refractivity contribution >= 4 is 0 Å². The maximum Gasteiger partial charge on any atom is 0.108 e. The summed E-state index contributed by atoms with van der Waals surface area (Å²) in [6.45, 7) is 1.16. The van der Waals surface area contributed by atoms with E-state index in [2.05, 4.69) is 21.9 Å². The van der Waals surface area contributed by atoms with Crippen LogP contribution in [0.2, 0.25) is 0 Å². The van der Waals surface area contributed by atoms with Crippen LogP contribution in [0, 0.1) is 11.8 Å². The first kappa shape index (κ1) is 9.71. The number of nitrogens with one attached hydrogen (secondary N) is 1. The van der Waals surface area contributed by atoms with Crippen LogP contribution >= 0.6 is 0 Å². The second-order valence-electron chi connectivity index (χ2n) is 4.31. The Balaban J connectivity index is 1.89. The number of nitrogens with zero attached hydrogens (tertiary/aromatic N) is 2. The van der Waals surface area contributed by atoms with Gasteiger partial charge in [-0.05, 0) is 38.3 Å². The second-order valence-corrected chi connectivity index (χ2v) is 4.31. The van der Waals surface area contributed by atoms with Crippen molar-refractivity contribution in [1.82, 2.24) is 14.9 Å².